The highest BCUT2D eigenvalue weighted by molar-refractivity contribution is 6.33. The van der Waals surface area contributed by atoms with Crippen LogP contribution in [0.15, 0.2) is 36.4 Å². The van der Waals surface area contributed by atoms with Crippen molar-refractivity contribution in [3.05, 3.63) is 63.6 Å². The number of benzene rings is 2. The third-order valence-electron chi connectivity index (χ3n) is 2.41. The molecule has 0 bridgehead atoms. The number of anilines is 1. The van der Waals surface area contributed by atoms with Gasteiger partial charge in [-0.05, 0) is 35.9 Å². The molecule has 0 fully saturated rings. The first kappa shape index (κ1) is 13.1. The summed E-state index contributed by atoms with van der Waals surface area (Å²) in [6, 6.07) is 8.70. The SMILES string of the molecule is Fc1ccc(NCc2cc(Cl)ccc2Cl)cc1F. The topological polar surface area (TPSA) is 12.0 Å². The Labute approximate surface area is 113 Å². The van der Waals surface area contributed by atoms with E-state index in [-0.39, 0.29) is 0 Å². The van der Waals surface area contributed by atoms with E-state index in [0.717, 1.165) is 17.7 Å². The van der Waals surface area contributed by atoms with Gasteiger partial charge in [-0.15, -0.1) is 0 Å². The Morgan fingerprint density at radius 1 is 0.944 bits per heavy atom. The number of rotatable bonds is 3. The molecule has 5 heteroatoms. The molecular weight excluding hydrogens is 279 g/mol. The fourth-order valence-electron chi connectivity index (χ4n) is 1.48. The molecule has 2 aromatic rings. The molecule has 1 nitrogen and oxygen atoms in total. The first-order valence-electron chi connectivity index (χ1n) is 5.19. The largest absolute Gasteiger partial charge is 0.381 e. The molecule has 0 atom stereocenters. The van der Waals surface area contributed by atoms with Crippen LogP contribution in [-0.4, -0.2) is 0 Å². The van der Waals surface area contributed by atoms with Crippen molar-refractivity contribution < 1.29 is 8.78 Å². The monoisotopic (exact) mass is 287 g/mol. The molecule has 94 valence electrons. The summed E-state index contributed by atoms with van der Waals surface area (Å²) in [6.45, 7) is 0.379. The summed E-state index contributed by atoms with van der Waals surface area (Å²) < 4.78 is 25.7. The Kier molecular flexibility index (Phi) is 4.04. The van der Waals surface area contributed by atoms with Crippen molar-refractivity contribution in [3.8, 4) is 0 Å². The molecule has 18 heavy (non-hydrogen) atoms. The van der Waals surface area contributed by atoms with Gasteiger partial charge in [-0.25, -0.2) is 8.78 Å². The van der Waals surface area contributed by atoms with Gasteiger partial charge in [0.05, 0.1) is 0 Å². The smallest absolute Gasteiger partial charge is 0.160 e. The first-order chi connectivity index (χ1) is 8.56. The Morgan fingerprint density at radius 3 is 2.44 bits per heavy atom. The standard InChI is InChI=1S/C13H9Cl2F2N/c14-9-1-3-11(15)8(5-9)7-18-10-2-4-12(16)13(17)6-10/h1-6,18H,7H2. The van der Waals surface area contributed by atoms with Crippen molar-refractivity contribution in [2.75, 3.05) is 5.32 Å². The zero-order valence-electron chi connectivity index (χ0n) is 9.18. The van der Waals surface area contributed by atoms with Gasteiger partial charge in [0.25, 0.3) is 0 Å². The van der Waals surface area contributed by atoms with Crippen molar-refractivity contribution in [2.45, 2.75) is 6.54 Å². The molecule has 0 unspecified atom stereocenters. The molecule has 0 radical (unpaired) electrons. The second-order valence-corrected chi connectivity index (χ2v) is 4.56. The maximum Gasteiger partial charge on any atom is 0.160 e. The maximum absolute atomic E-state index is 13.0. The summed E-state index contributed by atoms with van der Waals surface area (Å²) in [5, 5.41) is 4.08. The minimum Gasteiger partial charge on any atom is -0.381 e. The zero-order valence-corrected chi connectivity index (χ0v) is 10.7. The summed E-state index contributed by atoms with van der Waals surface area (Å²) in [5.74, 6) is -1.77. The second kappa shape index (κ2) is 5.55. The summed E-state index contributed by atoms with van der Waals surface area (Å²) in [4.78, 5) is 0. The van der Waals surface area contributed by atoms with Crippen LogP contribution in [0.3, 0.4) is 0 Å². The Hall–Kier alpha value is -1.32. The molecule has 2 aromatic carbocycles. The minimum absolute atomic E-state index is 0.379. The summed E-state index contributed by atoms with van der Waals surface area (Å²) in [7, 11) is 0. The third-order valence-corrected chi connectivity index (χ3v) is 3.01. The molecule has 0 spiro atoms. The van der Waals surface area contributed by atoms with E-state index >= 15 is 0 Å². The van der Waals surface area contributed by atoms with Crippen LogP contribution >= 0.6 is 23.2 Å². The quantitative estimate of drug-likeness (QED) is 0.848. The van der Waals surface area contributed by atoms with Gasteiger partial charge in [0.1, 0.15) is 0 Å². The van der Waals surface area contributed by atoms with E-state index < -0.39 is 11.6 Å². The van der Waals surface area contributed by atoms with Crippen LogP contribution in [0, 0.1) is 11.6 Å². The second-order valence-electron chi connectivity index (χ2n) is 3.72. The minimum atomic E-state index is -0.891. The highest BCUT2D eigenvalue weighted by Crippen LogP contribution is 2.22. The average molecular weight is 288 g/mol. The third kappa shape index (κ3) is 3.12. The van der Waals surface area contributed by atoms with Crippen LogP contribution in [-0.2, 0) is 6.54 Å². The van der Waals surface area contributed by atoms with Crippen LogP contribution < -0.4 is 5.32 Å². The molecule has 0 heterocycles. The molecule has 0 aliphatic heterocycles. The lowest BCUT2D eigenvalue weighted by molar-refractivity contribution is 0.509. The highest BCUT2D eigenvalue weighted by atomic mass is 35.5. The van der Waals surface area contributed by atoms with E-state index in [1.807, 2.05) is 0 Å². The van der Waals surface area contributed by atoms with E-state index in [1.54, 1.807) is 18.2 Å². The normalized spacial score (nSPS) is 10.4. The molecule has 0 aliphatic carbocycles. The van der Waals surface area contributed by atoms with Crippen molar-refractivity contribution >= 4 is 28.9 Å². The number of hydrogen-bond donors (Lipinski definition) is 1. The molecule has 0 aromatic heterocycles. The summed E-state index contributed by atoms with van der Waals surface area (Å²) >= 11 is 11.8. The van der Waals surface area contributed by atoms with Crippen LogP contribution in [0.5, 0.6) is 0 Å². The first-order valence-corrected chi connectivity index (χ1v) is 5.95. The van der Waals surface area contributed by atoms with Crippen LogP contribution in [0.4, 0.5) is 14.5 Å². The molecule has 0 saturated heterocycles. The van der Waals surface area contributed by atoms with Crippen molar-refractivity contribution in [3.63, 3.8) is 0 Å². The average Bonchev–Trinajstić information content (AvgIpc) is 2.34. The van der Waals surface area contributed by atoms with E-state index in [2.05, 4.69) is 5.32 Å². The van der Waals surface area contributed by atoms with Crippen LogP contribution in [0.25, 0.3) is 0 Å². The molecule has 0 aliphatic rings. The van der Waals surface area contributed by atoms with Crippen molar-refractivity contribution in [1.82, 2.24) is 0 Å². The molecule has 0 saturated carbocycles. The summed E-state index contributed by atoms with van der Waals surface area (Å²) in [6.07, 6.45) is 0. The molecule has 2 rings (SSSR count). The molecule has 1 N–H and O–H groups in total. The molecule has 0 amide bonds. The van der Waals surface area contributed by atoms with E-state index in [4.69, 9.17) is 23.2 Å². The lowest BCUT2D eigenvalue weighted by atomic mass is 10.2. The number of halogens is 4. The van der Waals surface area contributed by atoms with Crippen LogP contribution in [0.1, 0.15) is 5.56 Å². The highest BCUT2D eigenvalue weighted by Gasteiger charge is 2.04. The van der Waals surface area contributed by atoms with Crippen molar-refractivity contribution in [2.24, 2.45) is 0 Å². The lowest BCUT2D eigenvalue weighted by Gasteiger charge is -2.08. The maximum atomic E-state index is 13.0. The van der Waals surface area contributed by atoms with Gasteiger partial charge >= 0.3 is 0 Å². The Balaban J connectivity index is 2.11. The van der Waals surface area contributed by atoms with Gasteiger partial charge in [-0.2, -0.15) is 0 Å². The predicted octanol–water partition coefficient (Wildman–Crippen LogP) is 4.88. The molecular formula is C13H9Cl2F2N. The van der Waals surface area contributed by atoms with Gasteiger partial charge < -0.3 is 5.32 Å². The lowest BCUT2D eigenvalue weighted by Crippen LogP contribution is -2.01. The van der Waals surface area contributed by atoms with Gasteiger partial charge in [0.2, 0.25) is 0 Å². The van der Waals surface area contributed by atoms with Crippen molar-refractivity contribution in [1.29, 1.82) is 0 Å². The number of nitrogens with one attached hydrogen (secondary N) is 1. The van der Waals surface area contributed by atoms with Crippen LogP contribution in [0.2, 0.25) is 10.0 Å². The fourth-order valence-corrected chi connectivity index (χ4v) is 1.86. The summed E-state index contributed by atoms with van der Waals surface area (Å²) in [5.41, 5.74) is 1.26. The Bertz CT molecular complexity index is 573. The Morgan fingerprint density at radius 2 is 1.72 bits per heavy atom. The van der Waals surface area contributed by atoms with E-state index in [0.29, 0.717) is 22.3 Å². The van der Waals surface area contributed by atoms with Gasteiger partial charge in [-0.3, -0.25) is 0 Å². The van der Waals surface area contributed by atoms with E-state index in [9.17, 15) is 8.78 Å². The van der Waals surface area contributed by atoms with Gasteiger partial charge in [-0.1, -0.05) is 23.2 Å². The fraction of sp³-hybridized carbons (Fsp3) is 0.0769. The number of hydrogen-bond acceptors (Lipinski definition) is 1. The predicted molar refractivity (Wildman–Crippen MR) is 70.1 cm³/mol. The van der Waals surface area contributed by atoms with Gasteiger partial charge in [0.15, 0.2) is 11.6 Å². The van der Waals surface area contributed by atoms with E-state index in [1.165, 1.54) is 6.07 Å². The zero-order chi connectivity index (χ0) is 13.1. The van der Waals surface area contributed by atoms with Gasteiger partial charge in [0, 0.05) is 28.3 Å².